The van der Waals surface area contributed by atoms with Gasteiger partial charge in [0, 0.05) is 32.9 Å². The van der Waals surface area contributed by atoms with Crippen LogP contribution in [0, 0.1) is 13.8 Å². The number of fused-ring (bicyclic) bond motifs is 6. The second-order valence-electron chi connectivity index (χ2n) is 14.0. The lowest BCUT2D eigenvalue weighted by Crippen LogP contribution is -1.94. The molecule has 0 radical (unpaired) electrons. The van der Waals surface area contributed by atoms with Gasteiger partial charge >= 0.3 is 0 Å². The smallest absolute Gasteiger partial charge is 0.0541 e. The lowest BCUT2D eigenvalue weighted by Gasteiger charge is -2.12. The topological polar surface area (TPSA) is 9.86 Å². The van der Waals surface area contributed by atoms with Gasteiger partial charge in [0.2, 0.25) is 0 Å². The van der Waals surface area contributed by atoms with E-state index in [4.69, 9.17) is 0 Å². The number of benzene rings is 8. The number of para-hydroxylation sites is 2. The summed E-state index contributed by atoms with van der Waals surface area (Å²) in [4.78, 5) is 0. The summed E-state index contributed by atoms with van der Waals surface area (Å²) in [6, 6.07) is 66.8. The van der Waals surface area contributed by atoms with Gasteiger partial charge in [-0.15, -0.1) is 0 Å². The van der Waals surface area contributed by atoms with Crippen LogP contribution in [0.2, 0.25) is 0 Å². The maximum absolute atomic E-state index is 2.41. The number of hydrogen-bond donors (Lipinski definition) is 0. The zero-order valence-electron chi connectivity index (χ0n) is 29.2. The van der Waals surface area contributed by atoms with E-state index in [1.54, 1.807) is 0 Å². The number of rotatable bonds is 5. The predicted octanol–water partition coefficient (Wildman–Crippen LogP) is 13.5. The van der Waals surface area contributed by atoms with Crippen molar-refractivity contribution in [3.63, 3.8) is 0 Å². The van der Waals surface area contributed by atoms with Gasteiger partial charge in [0.05, 0.1) is 22.1 Å². The van der Waals surface area contributed by atoms with Gasteiger partial charge in [0.15, 0.2) is 0 Å². The van der Waals surface area contributed by atoms with Crippen LogP contribution in [-0.4, -0.2) is 9.13 Å². The third-order valence-corrected chi connectivity index (χ3v) is 10.6. The van der Waals surface area contributed by atoms with Crippen molar-refractivity contribution in [2.24, 2.45) is 0 Å². The van der Waals surface area contributed by atoms with Gasteiger partial charge in [-0.1, -0.05) is 132 Å². The van der Waals surface area contributed by atoms with Crippen LogP contribution in [0.4, 0.5) is 0 Å². The van der Waals surface area contributed by atoms with Crippen molar-refractivity contribution in [2.75, 3.05) is 0 Å². The lowest BCUT2D eigenvalue weighted by atomic mass is 10.0. The maximum Gasteiger partial charge on any atom is 0.0541 e. The first-order valence-corrected chi connectivity index (χ1v) is 18.0. The lowest BCUT2D eigenvalue weighted by molar-refractivity contribution is 1.18. The molecule has 0 bridgehead atoms. The third-order valence-electron chi connectivity index (χ3n) is 10.6. The van der Waals surface area contributed by atoms with E-state index in [0.717, 1.165) is 0 Å². The van der Waals surface area contributed by atoms with Gasteiger partial charge in [-0.2, -0.15) is 0 Å². The predicted molar refractivity (Wildman–Crippen MR) is 221 cm³/mol. The fourth-order valence-corrected chi connectivity index (χ4v) is 8.16. The molecule has 0 atom stereocenters. The van der Waals surface area contributed by atoms with Crippen LogP contribution >= 0.6 is 0 Å². The Morgan fingerprint density at radius 2 is 0.635 bits per heavy atom. The van der Waals surface area contributed by atoms with Crippen molar-refractivity contribution < 1.29 is 0 Å². The highest BCUT2D eigenvalue weighted by Gasteiger charge is 2.17. The van der Waals surface area contributed by atoms with Crippen molar-refractivity contribution in [3.8, 4) is 44.8 Å². The summed E-state index contributed by atoms with van der Waals surface area (Å²) in [5.74, 6) is 0. The Hall–Kier alpha value is -6.64. The summed E-state index contributed by atoms with van der Waals surface area (Å²) in [6.45, 7) is 4.30. The Kier molecular flexibility index (Phi) is 6.97. The summed E-state index contributed by atoms with van der Waals surface area (Å²) in [6.07, 6.45) is 0. The van der Waals surface area contributed by atoms with Gasteiger partial charge in [0.1, 0.15) is 0 Å². The van der Waals surface area contributed by atoms with Crippen LogP contribution in [0.3, 0.4) is 0 Å². The molecular formula is C50H36N2. The molecule has 0 aliphatic heterocycles. The van der Waals surface area contributed by atoms with E-state index >= 15 is 0 Å². The molecule has 0 spiro atoms. The third kappa shape index (κ3) is 4.95. The molecule has 0 N–H and O–H groups in total. The molecule has 0 saturated heterocycles. The summed E-state index contributed by atoms with van der Waals surface area (Å²) in [5.41, 5.74) is 17.0. The van der Waals surface area contributed by atoms with Crippen molar-refractivity contribution in [2.45, 2.75) is 13.8 Å². The molecule has 2 aromatic heterocycles. The SMILES string of the molecule is Cc1cccc(-c2cccc(-n3c4ccccc4c4cc(-c5ccc6c(c5)c5ccccc5n6-c5cccc(-c6cccc(C)c6)c5)ccc43)c2)c1. The van der Waals surface area contributed by atoms with Crippen LogP contribution in [0.5, 0.6) is 0 Å². The zero-order valence-corrected chi connectivity index (χ0v) is 29.2. The minimum atomic E-state index is 1.17. The normalized spacial score (nSPS) is 11.7. The first kappa shape index (κ1) is 30.2. The highest BCUT2D eigenvalue weighted by molar-refractivity contribution is 6.12. The molecule has 0 aliphatic rings. The molecule has 8 aromatic carbocycles. The van der Waals surface area contributed by atoms with E-state index in [1.807, 2.05) is 0 Å². The Labute approximate surface area is 303 Å². The molecule has 2 heterocycles. The van der Waals surface area contributed by atoms with Crippen LogP contribution < -0.4 is 0 Å². The largest absolute Gasteiger partial charge is 0.309 e. The van der Waals surface area contributed by atoms with Gasteiger partial charge in [-0.25, -0.2) is 0 Å². The minimum Gasteiger partial charge on any atom is -0.309 e. The summed E-state index contributed by atoms with van der Waals surface area (Å²) >= 11 is 0. The molecule has 0 unspecified atom stereocenters. The van der Waals surface area contributed by atoms with Crippen LogP contribution in [0.25, 0.3) is 88.4 Å². The van der Waals surface area contributed by atoms with Gasteiger partial charge < -0.3 is 9.13 Å². The number of aryl methyl sites for hydroxylation is 2. The fraction of sp³-hybridized carbons (Fsp3) is 0.0400. The van der Waals surface area contributed by atoms with Gasteiger partial charge in [-0.05, 0) is 108 Å². The maximum atomic E-state index is 2.41. The molecule has 2 heteroatoms. The van der Waals surface area contributed by atoms with Crippen LogP contribution in [0.15, 0.2) is 182 Å². The monoisotopic (exact) mass is 664 g/mol. The van der Waals surface area contributed by atoms with E-state index in [2.05, 4.69) is 205 Å². The Morgan fingerprint density at radius 3 is 1.08 bits per heavy atom. The fourth-order valence-electron chi connectivity index (χ4n) is 8.16. The Bertz CT molecular complexity index is 2790. The summed E-state index contributed by atoms with van der Waals surface area (Å²) in [5, 5.41) is 5.02. The first-order chi connectivity index (χ1) is 25.6. The zero-order chi connectivity index (χ0) is 34.8. The van der Waals surface area contributed by atoms with Gasteiger partial charge in [0.25, 0.3) is 0 Å². The molecule has 0 saturated carbocycles. The quantitative estimate of drug-likeness (QED) is 0.173. The number of aromatic nitrogens is 2. The van der Waals surface area contributed by atoms with Crippen molar-refractivity contribution in [1.29, 1.82) is 0 Å². The van der Waals surface area contributed by atoms with E-state index in [-0.39, 0.29) is 0 Å². The Morgan fingerprint density at radius 1 is 0.269 bits per heavy atom. The summed E-state index contributed by atoms with van der Waals surface area (Å²) < 4.78 is 4.82. The number of hydrogen-bond acceptors (Lipinski definition) is 0. The molecule has 10 rings (SSSR count). The molecular weight excluding hydrogens is 629 g/mol. The average Bonchev–Trinajstić information content (AvgIpc) is 3.70. The van der Waals surface area contributed by atoms with Gasteiger partial charge in [-0.3, -0.25) is 0 Å². The summed E-state index contributed by atoms with van der Waals surface area (Å²) in [7, 11) is 0. The molecule has 246 valence electrons. The second-order valence-corrected chi connectivity index (χ2v) is 14.0. The highest BCUT2D eigenvalue weighted by Crippen LogP contribution is 2.39. The van der Waals surface area contributed by atoms with E-state index < -0.39 is 0 Å². The molecule has 0 aliphatic carbocycles. The molecule has 0 amide bonds. The number of nitrogens with zero attached hydrogens (tertiary/aromatic N) is 2. The molecule has 2 nitrogen and oxygen atoms in total. The minimum absolute atomic E-state index is 1.17. The second kappa shape index (κ2) is 12.0. The van der Waals surface area contributed by atoms with Crippen molar-refractivity contribution >= 4 is 43.6 Å². The van der Waals surface area contributed by atoms with Crippen molar-refractivity contribution in [1.82, 2.24) is 9.13 Å². The first-order valence-electron chi connectivity index (χ1n) is 18.0. The average molecular weight is 665 g/mol. The van der Waals surface area contributed by atoms with Crippen molar-refractivity contribution in [3.05, 3.63) is 193 Å². The van der Waals surface area contributed by atoms with E-state index in [9.17, 15) is 0 Å². The van der Waals surface area contributed by atoms with E-state index in [0.29, 0.717) is 0 Å². The van der Waals surface area contributed by atoms with E-state index in [1.165, 1.54) is 99.5 Å². The molecule has 52 heavy (non-hydrogen) atoms. The highest BCUT2D eigenvalue weighted by atomic mass is 15.0. The van der Waals surface area contributed by atoms with Crippen LogP contribution in [-0.2, 0) is 0 Å². The standard InChI is InChI=1S/C50H36N2/c1-33-11-7-13-35(27-33)37-15-9-17-41(29-37)51-47-21-5-3-19-43(47)45-31-39(23-25-49(45)51)40-24-26-50-46(32-40)44-20-4-6-22-48(44)52(50)42-18-10-16-38(30-42)36-14-8-12-34(2)28-36/h3-32H,1-2H3. The Balaban J connectivity index is 1.11. The molecule has 0 fully saturated rings. The van der Waals surface area contributed by atoms with Crippen LogP contribution in [0.1, 0.15) is 11.1 Å². The molecule has 10 aromatic rings.